The van der Waals surface area contributed by atoms with Gasteiger partial charge in [0.05, 0.1) is 12.2 Å². The number of nitrogens with zero attached hydrogens (tertiary/aromatic N) is 4. The van der Waals surface area contributed by atoms with Crippen LogP contribution >= 0.6 is 11.3 Å². The molecule has 0 saturated carbocycles. The van der Waals surface area contributed by atoms with Gasteiger partial charge in [0.15, 0.2) is 0 Å². The Labute approximate surface area is 158 Å². The predicted octanol–water partition coefficient (Wildman–Crippen LogP) is 3.61. The van der Waals surface area contributed by atoms with Crippen LogP contribution in [0.5, 0.6) is 0 Å². The number of hydrogen-bond acceptors (Lipinski definition) is 6. The largest absolute Gasteiger partial charge is 0.345 e. The number of rotatable bonds is 6. The van der Waals surface area contributed by atoms with Crippen LogP contribution in [-0.4, -0.2) is 28.0 Å². The summed E-state index contributed by atoms with van der Waals surface area (Å²) in [6.45, 7) is 3.67. The molecule has 0 unspecified atom stereocenters. The van der Waals surface area contributed by atoms with Crippen LogP contribution in [0.3, 0.4) is 0 Å². The maximum absolute atomic E-state index is 4.58. The smallest absolute Gasteiger partial charge is 0.132 e. The quantitative estimate of drug-likeness (QED) is 0.723. The van der Waals surface area contributed by atoms with Crippen LogP contribution in [0, 0.1) is 0 Å². The Morgan fingerprint density at radius 3 is 2.81 bits per heavy atom. The van der Waals surface area contributed by atoms with E-state index in [9.17, 15) is 0 Å². The Morgan fingerprint density at radius 1 is 1.12 bits per heavy atom. The molecule has 1 aromatic carbocycles. The van der Waals surface area contributed by atoms with Crippen LogP contribution in [0.25, 0.3) is 0 Å². The van der Waals surface area contributed by atoms with Crippen molar-refractivity contribution in [1.29, 1.82) is 0 Å². The molecule has 3 heterocycles. The second-order valence-corrected chi connectivity index (χ2v) is 7.59. The molecule has 0 aliphatic carbocycles. The van der Waals surface area contributed by atoms with E-state index in [2.05, 4.69) is 55.5 Å². The van der Waals surface area contributed by atoms with Gasteiger partial charge in [0.1, 0.15) is 17.2 Å². The minimum absolute atomic E-state index is 0.476. The molecule has 0 spiro atoms. The van der Waals surface area contributed by atoms with E-state index in [1.54, 1.807) is 17.7 Å². The predicted molar refractivity (Wildman–Crippen MR) is 105 cm³/mol. The van der Waals surface area contributed by atoms with Gasteiger partial charge in [0.2, 0.25) is 0 Å². The van der Waals surface area contributed by atoms with Crippen molar-refractivity contribution in [3.05, 3.63) is 70.6 Å². The van der Waals surface area contributed by atoms with Crippen LogP contribution in [-0.2, 0) is 13.1 Å². The van der Waals surface area contributed by atoms with Gasteiger partial charge in [-0.1, -0.05) is 30.3 Å². The van der Waals surface area contributed by atoms with Crippen molar-refractivity contribution in [1.82, 2.24) is 20.3 Å². The number of thiazole rings is 1. The molecule has 2 aromatic heterocycles. The van der Waals surface area contributed by atoms with Gasteiger partial charge >= 0.3 is 0 Å². The van der Waals surface area contributed by atoms with Gasteiger partial charge in [-0.05, 0) is 24.9 Å². The summed E-state index contributed by atoms with van der Waals surface area (Å²) < 4.78 is 0. The van der Waals surface area contributed by atoms with E-state index in [0.717, 1.165) is 42.7 Å². The molecule has 1 N–H and O–H groups in total. The standard InChI is InChI=1S/C20H23N5S/c1-2-5-16(6-3-1)13-25(14-20-22-9-10-26-20)19-11-18(23-15-24-19)17-7-4-8-21-12-17/h1-3,5-6,9-11,15,17,21H,4,7-8,12-14H2/t17-/m1/s1. The highest BCUT2D eigenvalue weighted by Crippen LogP contribution is 2.25. The topological polar surface area (TPSA) is 53.9 Å². The van der Waals surface area contributed by atoms with Crippen molar-refractivity contribution in [3.8, 4) is 0 Å². The average Bonchev–Trinajstić information content (AvgIpc) is 3.22. The number of nitrogens with one attached hydrogen (secondary N) is 1. The van der Waals surface area contributed by atoms with Gasteiger partial charge in [-0.25, -0.2) is 15.0 Å². The van der Waals surface area contributed by atoms with Crippen LogP contribution < -0.4 is 10.2 Å². The highest BCUT2D eigenvalue weighted by molar-refractivity contribution is 7.09. The molecular weight excluding hydrogens is 342 g/mol. The van der Waals surface area contributed by atoms with E-state index in [0.29, 0.717) is 5.92 Å². The Balaban J connectivity index is 1.60. The highest BCUT2D eigenvalue weighted by Gasteiger charge is 2.19. The summed E-state index contributed by atoms with van der Waals surface area (Å²) in [7, 11) is 0. The summed E-state index contributed by atoms with van der Waals surface area (Å²) in [6.07, 6.45) is 5.96. The molecule has 0 amide bonds. The summed E-state index contributed by atoms with van der Waals surface area (Å²) >= 11 is 1.68. The summed E-state index contributed by atoms with van der Waals surface area (Å²) in [5.41, 5.74) is 2.41. The van der Waals surface area contributed by atoms with E-state index in [-0.39, 0.29) is 0 Å². The average molecular weight is 366 g/mol. The van der Waals surface area contributed by atoms with Crippen LogP contribution in [0.1, 0.15) is 35.0 Å². The lowest BCUT2D eigenvalue weighted by Gasteiger charge is -2.26. The first kappa shape index (κ1) is 17.1. The summed E-state index contributed by atoms with van der Waals surface area (Å²) in [6, 6.07) is 12.7. The maximum atomic E-state index is 4.58. The number of hydrogen-bond donors (Lipinski definition) is 1. The fourth-order valence-corrected chi connectivity index (χ4v) is 4.01. The van der Waals surface area contributed by atoms with E-state index in [1.807, 2.05) is 17.6 Å². The molecule has 1 aliphatic rings. The highest BCUT2D eigenvalue weighted by atomic mass is 32.1. The summed E-state index contributed by atoms with van der Waals surface area (Å²) in [4.78, 5) is 15.9. The lowest BCUT2D eigenvalue weighted by molar-refractivity contribution is 0.454. The second-order valence-electron chi connectivity index (χ2n) is 6.61. The molecular formula is C20H23N5S. The number of piperidine rings is 1. The molecule has 4 rings (SSSR count). The molecule has 1 saturated heterocycles. The van der Waals surface area contributed by atoms with Crippen LogP contribution in [0.15, 0.2) is 54.3 Å². The zero-order chi connectivity index (χ0) is 17.6. The molecule has 1 atom stereocenters. The zero-order valence-electron chi connectivity index (χ0n) is 14.7. The lowest BCUT2D eigenvalue weighted by atomic mass is 9.96. The third-order valence-corrected chi connectivity index (χ3v) is 5.50. The number of benzene rings is 1. The molecule has 134 valence electrons. The minimum Gasteiger partial charge on any atom is -0.345 e. The first-order valence-corrected chi connectivity index (χ1v) is 9.96. The fourth-order valence-electron chi connectivity index (χ4n) is 3.38. The molecule has 3 aromatic rings. The fraction of sp³-hybridized carbons (Fsp3) is 0.350. The molecule has 1 fully saturated rings. The van der Waals surface area contributed by atoms with Gasteiger partial charge in [0, 0.05) is 36.7 Å². The maximum Gasteiger partial charge on any atom is 0.132 e. The van der Waals surface area contributed by atoms with Gasteiger partial charge in [-0.3, -0.25) is 0 Å². The third kappa shape index (κ3) is 4.26. The van der Waals surface area contributed by atoms with Crippen LogP contribution in [0.4, 0.5) is 5.82 Å². The zero-order valence-corrected chi connectivity index (χ0v) is 15.5. The Bertz CT molecular complexity index is 800. The van der Waals surface area contributed by atoms with Crippen molar-refractivity contribution in [2.75, 3.05) is 18.0 Å². The normalized spacial score (nSPS) is 17.2. The van der Waals surface area contributed by atoms with Crippen molar-refractivity contribution in [3.63, 3.8) is 0 Å². The van der Waals surface area contributed by atoms with Crippen molar-refractivity contribution in [2.45, 2.75) is 31.8 Å². The van der Waals surface area contributed by atoms with Gasteiger partial charge in [0.25, 0.3) is 0 Å². The number of anilines is 1. The molecule has 1 aliphatic heterocycles. The van der Waals surface area contributed by atoms with E-state index >= 15 is 0 Å². The van der Waals surface area contributed by atoms with Gasteiger partial charge in [-0.2, -0.15) is 0 Å². The molecule has 26 heavy (non-hydrogen) atoms. The first-order chi connectivity index (χ1) is 12.9. The first-order valence-electron chi connectivity index (χ1n) is 9.08. The molecule has 5 nitrogen and oxygen atoms in total. The monoisotopic (exact) mass is 365 g/mol. The number of aromatic nitrogens is 3. The third-order valence-electron chi connectivity index (χ3n) is 4.74. The van der Waals surface area contributed by atoms with Gasteiger partial charge in [-0.15, -0.1) is 11.3 Å². The SMILES string of the molecule is c1ccc(CN(Cc2nccs2)c2cc([C@@H]3CCCNC3)ncn2)cc1. The van der Waals surface area contributed by atoms with Crippen molar-refractivity contribution < 1.29 is 0 Å². The minimum atomic E-state index is 0.476. The van der Waals surface area contributed by atoms with E-state index < -0.39 is 0 Å². The van der Waals surface area contributed by atoms with Crippen LogP contribution in [0.2, 0.25) is 0 Å². The molecule has 6 heteroatoms. The van der Waals surface area contributed by atoms with E-state index in [4.69, 9.17) is 0 Å². The van der Waals surface area contributed by atoms with Gasteiger partial charge < -0.3 is 10.2 Å². The summed E-state index contributed by atoms with van der Waals surface area (Å²) in [5, 5.41) is 6.60. The molecule has 0 bridgehead atoms. The second kappa shape index (κ2) is 8.38. The van der Waals surface area contributed by atoms with E-state index in [1.165, 1.54) is 18.4 Å². The molecule has 0 radical (unpaired) electrons. The lowest BCUT2D eigenvalue weighted by Crippen LogP contribution is -2.29. The Kier molecular flexibility index (Phi) is 5.52. The Hall–Kier alpha value is -2.31. The summed E-state index contributed by atoms with van der Waals surface area (Å²) in [5.74, 6) is 1.45. The Morgan fingerprint density at radius 2 is 2.04 bits per heavy atom. The van der Waals surface area contributed by atoms with Crippen molar-refractivity contribution >= 4 is 17.2 Å². The van der Waals surface area contributed by atoms with Crippen molar-refractivity contribution in [2.24, 2.45) is 0 Å².